The van der Waals surface area contributed by atoms with Gasteiger partial charge in [0.05, 0.1) is 13.2 Å². The zero-order valence-corrected chi connectivity index (χ0v) is 17.6. The molecule has 0 aliphatic heterocycles. The van der Waals surface area contributed by atoms with E-state index in [0.29, 0.717) is 19.4 Å². The fraction of sp³-hybridized carbons (Fsp3) is 1.00. The Bertz CT molecular complexity index is 449. The first-order chi connectivity index (χ1) is 11.6. The lowest BCUT2D eigenvalue weighted by molar-refractivity contribution is 0.140. The predicted molar refractivity (Wildman–Crippen MR) is 97.6 cm³/mol. The van der Waals surface area contributed by atoms with E-state index in [1.54, 1.807) is 25.8 Å². The van der Waals surface area contributed by atoms with E-state index in [4.69, 9.17) is 9.05 Å². The van der Waals surface area contributed by atoms with Crippen LogP contribution >= 0.6 is 15.2 Å². The lowest BCUT2D eigenvalue weighted by atomic mass is 10.2. The average molecular weight is 405 g/mol. The van der Waals surface area contributed by atoms with Crippen molar-refractivity contribution < 1.29 is 32.4 Å². The lowest BCUT2D eigenvalue weighted by Crippen LogP contribution is -2.32. The molecule has 0 spiro atoms. The van der Waals surface area contributed by atoms with Crippen LogP contribution in [0.15, 0.2) is 0 Å². The summed E-state index contributed by atoms with van der Waals surface area (Å²) in [6, 6.07) is 0. The van der Waals surface area contributed by atoms with Gasteiger partial charge in [-0.05, 0) is 32.9 Å². The molecule has 7 nitrogen and oxygen atoms in total. The van der Waals surface area contributed by atoms with Crippen molar-refractivity contribution in [2.45, 2.75) is 64.4 Å². The quantitative estimate of drug-likeness (QED) is 0.309. The third-order valence-corrected chi connectivity index (χ3v) is 8.49. The minimum Gasteiger partial charge on any atom is -0.322 e. The third kappa shape index (κ3) is 7.76. The molecule has 0 aromatic rings. The molecular formula is C15H34FNO6P2. The zero-order chi connectivity index (χ0) is 19.6. The molecule has 1 unspecified atom stereocenters. The van der Waals surface area contributed by atoms with Gasteiger partial charge < -0.3 is 23.7 Å². The van der Waals surface area contributed by atoms with Crippen LogP contribution < -0.4 is 0 Å². The average Bonchev–Trinajstić information content (AvgIpc) is 2.55. The minimum atomic E-state index is -5.38. The van der Waals surface area contributed by atoms with Gasteiger partial charge >= 0.3 is 20.3 Å². The molecule has 25 heavy (non-hydrogen) atoms. The van der Waals surface area contributed by atoms with E-state index in [1.807, 2.05) is 0 Å². The van der Waals surface area contributed by atoms with Gasteiger partial charge in [-0.2, -0.15) is 0 Å². The molecule has 0 aliphatic rings. The van der Waals surface area contributed by atoms with Crippen LogP contribution in [0.2, 0.25) is 0 Å². The van der Waals surface area contributed by atoms with Crippen molar-refractivity contribution in [2.75, 3.05) is 33.4 Å². The van der Waals surface area contributed by atoms with Gasteiger partial charge in [-0.15, -0.1) is 0 Å². The molecule has 0 bridgehead atoms. The van der Waals surface area contributed by atoms with E-state index < -0.39 is 26.8 Å². The number of rotatable bonds is 15. The molecule has 0 heterocycles. The third-order valence-electron chi connectivity index (χ3n) is 3.75. The Morgan fingerprint density at radius 1 is 0.960 bits per heavy atom. The molecule has 1 atom stereocenters. The van der Waals surface area contributed by atoms with Crippen molar-refractivity contribution in [1.29, 1.82) is 0 Å². The van der Waals surface area contributed by atoms with Crippen LogP contribution in [0.1, 0.15) is 59.3 Å². The van der Waals surface area contributed by atoms with Crippen molar-refractivity contribution in [1.82, 2.24) is 4.90 Å². The standard InChI is InChI=1S/C15H34FNO6P2/c1-5-8-9-11-17(4)12-10-15(16,24(18,19)20)25(21,22-13-6-2)23-14-7-3/h5-14H2,1-4H3,(H2,18,19,20). The highest BCUT2D eigenvalue weighted by molar-refractivity contribution is 7.73. The minimum absolute atomic E-state index is 0.0419. The topological polar surface area (TPSA) is 96.3 Å². The molecular weight excluding hydrogens is 371 g/mol. The SMILES string of the molecule is CCCCCN(C)CCC(F)(P(=O)(O)O)P(=O)(OCCC)OCCC. The van der Waals surface area contributed by atoms with Gasteiger partial charge in [0.25, 0.3) is 0 Å². The molecule has 0 amide bonds. The largest absolute Gasteiger partial charge is 0.380 e. The molecule has 0 radical (unpaired) electrons. The Balaban J connectivity index is 5.32. The summed E-state index contributed by atoms with van der Waals surface area (Å²) in [6.07, 6.45) is 3.18. The van der Waals surface area contributed by atoms with Crippen LogP contribution in [-0.2, 0) is 18.2 Å². The summed E-state index contributed by atoms with van der Waals surface area (Å²) in [7, 11) is -8.29. The molecule has 10 heteroatoms. The maximum atomic E-state index is 15.4. The number of hydrogen-bond acceptors (Lipinski definition) is 5. The van der Waals surface area contributed by atoms with Crippen molar-refractivity contribution in [3.63, 3.8) is 0 Å². The maximum Gasteiger partial charge on any atom is 0.380 e. The maximum absolute atomic E-state index is 15.4. The summed E-state index contributed by atoms with van der Waals surface area (Å²) >= 11 is 0. The zero-order valence-electron chi connectivity index (χ0n) is 15.8. The monoisotopic (exact) mass is 405 g/mol. The summed E-state index contributed by atoms with van der Waals surface area (Å²) < 4.78 is 50.4. The molecule has 0 saturated heterocycles. The van der Waals surface area contributed by atoms with Gasteiger partial charge in [0, 0.05) is 13.0 Å². The number of alkyl halides is 1. The van der Waals surface area contributed by atoms with E-state index in [9.17, 15) is 18.9 Å². The van der Waals surface area contributed by atoms with Gasteiger partial charge in [0.15, 0.2) is 0 Å². The smallest absolute Gasteiger partial charge is 0.322 e. The van der Waals surface area contributed by atoms with Crippen molar-refractivity contribution in [3.8, 4) is 0 Å². The molecule has 0 rings (SSSR count). The van der Waals surface area contributed by atoms with Crippen molar-refractivity contribution in [2.24, 2.45) is 0 Å². The summed E-state index contributed by atoms with van der Waals surface area (Å²) in [5.74, 6) is 0. The summed E-state index contributed by atoms with van der Waals surface area (Å²) in [6.45, 7) is 6.03. The Labute approximate surface area is 151 Å². The number of hydrogen-bond donors (Lipinski definition) is 2. The summed E-state index contributed by atoms with van der Waals surface area (Å²) in [5, 5.41) is -3.34. The molecule has 0 aromatic heterocycles. The van der Waals surface area contributed by atoms with E-state index in [2.05, 4.69) is 6.92 Å². The van der Waals surface area contributed by atoms with Crippen LogP contribution in [0.25, 0.3) is 0 Å². The Kier molecular flexibility index (Phi) is 11.9. The second-order valence-electron chi connectivity index (χ2n) is 6.19. The highest BCUT2D eigenvalue weighted by atomic mass is 31.2. The number of unbranched alkanes of at least 4 members (excludes halogenated alkanes) is 2. The van der Waals surface area contributed by atoms with Crippen LogP contribution in [-0.4, -0.2) is 53.2 Å². The van der Waals surface area contributed by atoms with Crippen molar-refractivity contribution in [3.05, 3.63) is 0 Å². The predicted octanol–water partition coefficient (Wildman–Crippen LogP) is 4.35. The normalized spacial score (nSPS) is 15.5. The molecule has 0 fully saturated rings. The van der Waals surface area contributed by atoms with Gasteiger partial charge in [0.2, 0.25) is 0 Å². The Morgan fingerprint density at radius 2 is 1.48 bits per heavy atom. The Morgan fingerprint density at radius 3 is 1.88 bits per heavy atom. The van der Waals surface area contributed by atoms with Crippen molar-refractivity contribution >= 4 is 15.2 Å². The van der Waals surface area contributed by atoms with Crippen LogP contribution in [0.3, 0.4) is 0 Å². The highest BCUT2D eigenvalue weighted by Gasteiger charge is 2.64. The van der Waals surface area contributed by atoms with Gasteiger partial charge in [-0.1, -0.05) is 33.6 Å². The molecule has 0 aromatic carbocycles. The summed E-state index contributed by atoms with van der Waals surface area (Å²) in [4.78, 5) is 20.9. The number of nitrogens with zero attached hydrogens (tertiary/aromatic N) is 1. The van der Waals surface area contributed by atoms with Crippen LogP contribution in [0.5, 0.6) is 0 Å². The van der Waals surface area contributed by atoms with Gasteiger partial charge in [-0.25, -0.2) is 4.39 Å². The first-order valence-electron chi connectivity index (χ1n) is 8.90. The van der Waals surface area contributed by atoms with E-state index in [1.165, 1.54) is 0 Å². The fourth-order valence-corrected chi connectivity index (χ4v) is 5.88. The second-order valence-corrected chi connectivity index (χ2v) is 10.6. The first kappa shape index (κ1) is 25.2. The van der Waals surface area contributed by atoms with Crippen LogP contribution in [0, 0.1) is 0 Å². The molecule has 0 aliphatic carbocycles. The lowest BCUT2D eigenvalue weighted by Gasteiger charge is -2.33. The number of halogens is 1. The Hall–Kier alpha value is 0.190. The molecule has 0 saturated carbocycles. The van der Waals surface area contributed by atoms with E-state index in [0.717, 1.165) is 19.3 Å². The molecule has 2 N–H and O–H groups in total. The highest BCUT2D eigenvalue weighted by Crippen LogP contribution is 2.76. The van der Waals surface area contributed by atoms with Gasteiger partial charge in [-0.3, -0.25) is 9.13 Å². The molecule has 152 valence electrons. The first-order valence-corrected chi connectivity index (χ1v) is 12.1. The van der Waals surface area contributed by atoms with Crippen LogP contribution in [0.4, 0.5) is 4.39 Å². The van der Waals surface area contributed by atoms with E-state index >= 15 is 4.39 Å². The summed E-state index contributed by atoms with van der Waals surface area (Å²) in [5.41, 5.74) is 0. The second kappa shape index (κ2) is 11.8. The fourth-order valence-electron chi connectivity index (χ4n) is 2.18. The van der Waals surface area contributed by atoms with E-state index in [-0.39, 0.29) is 19.8 Å². The van der Waals surface area contributed by atoms with Gasteiger partial charge in [0.1, 0.15) is 0 Å².